The van der Waals surface area contributed by atoms with E-state index < -0.39 is 24.2 Å². The molecule has 3 aromatic rings. The highest BCUT2D eigenvalue weighted by Gasteiger charge is 2.59. The number of alkyl halides is 3. The lowest BCUT2D eigenvalue weighted by molar-refractivity contribution is -0.123. The molecule has 1 saturated carbocycles. The number of aryl methyl sites for hydroxylation is 1. The fraction of sp³-hybridized carbons (Fsp3) is 0.375. The van der Waals surface area contributed by atoms with Gasteiger partial charge in [0.2, 0.25) is 5.91 Å². The predicted molar refractivity (Wildman–Crippen MR) is 123 cm³/mol. The Kier molecular flexibility index (Phi) is 5.86. The summed E-state index contributed by atoms with van der Waals surface area (Å²) in [5.41, 5.74) is 3.15. The van der Waals surface area contributed by atoms with Gasteiger partial charge in [-0.1, -0.05) is 11.6 Å². The summed E-state index contributed by atoms with van der Waals surface area (Å²) >= 11 is 6.18. The second-order valence-electron chi connectivity index (χ2n) is 8.81. The van der Waals surface area contributed by atoms with Gasteiger partial charge in [0.15, 0.2) is 0 Å². The Balaban J connectivity index is 1.33. The van der Waals surface area contributed by atoms with Gasteiger partial charge in [-0.3, -0.25) is 9.78 Å². The highest BCUT2D eigenvalue weighted by atomic mass is 35.5. The van der Waals surface area contributed by atoms with Crippen LogP contribution in [0.3, 0.4) is 0 Å². The molecule has 0 bridgehead atoms. The second kappa shape index (κ2) is 8.75. The van der Waals surface area contributed by atoms with Crippen molar-refractivity contribution in [2.45, 2.75) is 43.9 Å². The number of pyridine rings is 1. The summed E-state index contributed by atoms with van der Waals surface area (Å²) in [6.07, 6.45) is -0.170. The molecule has 1 aliphatic heterocycles. The molecule has 2 aliphatic rings. The number of amides is 2. The topological polar surface area (TPSA) is 76.5 Å². The Labute approximate surface area is 203 Å². The Morgan fingerprint density at radius 2 is 2.03 bits per heavy atom. The highest BCUT2D eigenvalue weighted by molar-refractivity contribution is 6.31. The minimum Gasteiger partial charge on any atom is -0.449 e. The molecule has 0 radical (unpaired) electrons. The maximum atomic E-state index is 13.3. The largest absolute Gasteiger partial charge is 0.449 e. The number of hydrogen-bond acceptors (Lipinski definition) is 4. The smallest absolute Gasteiger partial charge is 0.407 e. The summed E-state index contributed by atoms with van der Waals surface area (Å²) in [5.74, 6) is 0.0695. The summed E-state index contributed by atoms with van der Waals surface area (Å²) in [4.78, 5) is 30.8. The van der Waals surface area contributed by atoms with Crippen molar-refractivity contribution in [3.8, 4) is 0 Å². The van der Waals surface area contributed by atoms with Crippen LogP contribution in [0.5, 0.6) is 0 Å². The van der Waals surface area contributed by atoms with Crippen molar-refractivity contribution in [3.63, 3.8) is 0 Å². The summed E-state index contributed by atoms with van der Waals surface area (Å²) in [5, 5.41) is 3.16. The van der Waals surface area contributed by atoms with Gasteiger partial charge in [0.25, 0.3) is 0 Å². The standard InChI is InChI=1S/C24H22ClF3N4O3/c25-16-2-3-19-15(10-16)11-17(31(19)8-1-9-35-22(34)30-14-24(26,27)28)13-32-20-12-29-7-4-18(20)23(5-6-23)21(32)33/h2-4,7,10-12H,1,5-6,8-9,13-14H2,(H,30,34). The molecule has 1 spiro atoms. The minimum absolute atomic E-state index is 0.0606. The third-order valence-corrected chi connectivity index (χ3v) is 6.71. The molecule has 1 aromatic carbocycles. The zero-order chi connectivity index (χ0) is 24.8. The van der Waals surface area contributed by atoms with E-state index in [0.29, 0.717) is 24.5 Å². The van der Waals surface area contributed by atoms with Crippen LogP contribution in [0.15, 0.2) is 42.7 Å². The molecular weight excluding hydrogens is 485 g/mol. The van der Waals surface area contributed by atoms with Gasteiger partial charge in [-0.2, -0.15) is 13.2 Å². The lowest BCUT2D eigenvalue weighted by atomic mass is 9.99. The molecule has 1 aliphatic carbocycles. The Bertz CT molecular complexity index is 1300. The number of carbonyl (C=O) groups is 2. The van der Waals surface area contributed by atoms with Gasteiger partial charge in [0, 0.05) is 34.4 Å². The Morgan fingerprint density at radius 1 is 1.23 bits per heavy atom. The van der Waals surface area contributed by atoms with E-state index in [1.54, 1.807) is 28.7 Å². The van der Waals surface area contributed by atoms with E-state index >= 15 is 0 Å². The fourth-order valence-electron chi connectivity index (χ4n) is 4.72. The summed E-state index contributed by atoms with van der Waals surface area (Å²) in [7, 11) is 0. The maximum absolute atomic E-state index is 13.3. The van der Waals surface area contributed by atoms with Crippen LogP contribution in [-0.2, 0) is 28.0 Å². The van der Waals surface area contributed by atoms with Gasteiger partial charge in [-0.25, -0.2) is 4.79 Å². The van der Waals surface area contributed by atoms with Crippen molar-refractivity contribution in [2.75, 3.05) is 18.1 Å². The number of carbonyl (C=O) groups excluding carboxylic acids is 2. The number of aromatic nitrogens is 2. The average Bonchev–Trinajstić information content (AvgIpc) is 3.51. The normalized spacial score (nSPS) is 16.1. The van der Waals surface area contributed by atoms with Gasteiger partial charge in [-0.05, 0) is 55.2 Å². The number of rotatable bonds is 7. The van der Waals surface area contributed by atoms with Crippen molar-refractivity contribution in [3.05, 3.63) is 59.0 Å². The number of halogens is 4. The zero-order valence-electron chi connectivity index (χ0n) is 18.6. The number of fused-ring (bicyclic) bond motifs is 3. The number of ether oxygens (including phenoxy) is 1. The maximum Gasteiger partial charge on any atom is 0.407 e. The lowest BCUT2D eigenvalue weighted by Crippen LogP contribution is -2.34. The van der Waals surface area contributed by atoms with E-state index in [1.165, 1.54) is 0 Å². The Morgan fingerprint density at radius 3 is 2.77 bits per heavy atom. The molecule has 0 saturated heterocycles. The van der Waals surface area contributed by atoms with E-state index in [9.17, 15) is 22.8 Å². The molecule has 5 rings (SSSR count). The summed E-state index contributed by atoms with van der Waals surface area (Å²) in [6.45, 7) is -0.742. The van der Waals surface area contributed by atoms with Crippen LogP contribution in [0.1, 0.15) is 30.5 Å². The number of benzene rings is 1. The number of nitrogens with zero attached hydrogens (tertiary/aromatic N) is 3. The molecule has 2 amide bonds. The molecule has 0 unspecified atom stereocenters. The average molecular weight is 507 g/mol. The first kappa shape index (κ1) is 23.5. The molecule has 0 atom stereocenters. The van der Waals surface area contributed by atoms with E-state index in [-0.39, 0.29) is 12.5 Å². The van der Waals surface area contributed by atoms with Crippen LogP contribution in [0.25, 0.3) is 10.9 Å². The summed E-state index contributed by atoms with van der Waals surface area (Å²) in [6, 6.07) is 9.37. The second-order valence-corrected chi connectivity index (χ2v) is 9.25. The summed E-state index contributed by atoms with van der Waals surface area (Å²) < 4.78 is 43.6. The molecular formula is C24H22ClF3N4O3. The van der Waals surface area contributed by atoms with E-state index in [1.807, 2.05) is 28.8 Å². The van der Waals surface area contributed by atoms with E-state index in [0.717, 1.165) is 40.7 Å². The fourth-order valence-corrected chi connectivity index (χ4v) is 4.90. The van der Waals surface area contributed by atoms with Crippen LogP contribution < -0.4 is 10.2 Å². The van der Waals surface area contributed by atoms with Gasteiger partial charge in [0.05, 0.1) is 30.5 Å². The Hall–Kier alpha value is -3.27. The third-order valence-electron chi connectivity index (χ3n) is 6.47. The molecule has 1 fully saturated rings. The molecule has 11 heteroatoms. The first-order chi connectivity index (χ1) is 16.7. The van der Waals surface area contributed by atoms with Gasteiger partial charge < -0.3 is 19.5 Å². The van der Waals surface area contributed by atoms with Crippen LogP contribution in [0.2, 0.25) is 5.02 Å². The van der Waals surface area contributed by atoms with Gasteiger partial charge >= 0.3 is 12.3 Å². The van der Waals surface area contributed by atoms with Gasteiger partial charge in [-0.15, -0.1) is 0 Å². The van der Waals surface area contributed by atoms with Crippen LogP contribution >= 0.6 is 11.6 Å². The molecule has 35 heavy (non-hydrogen) atoms. The van der Waals surface area contributed by atoms with E-state index in [2.05, 4.69) is 4.98 Å². The van der Waals surface area contributed by atoms with Crippen molar-refractivity contribution in [2.24, 2.45) is 0 Å². The quantitative estimate of drug-likeness (QED) is 0.460. The monoisotopic (exact) mass is 506 g/mol. The molecule has 184 valence electrons. The molecule has 7 nitrogen and oxygen atoms in total. The SMILES string of the molecule is O=C(NCC(F)(F)F)OCCCn1c(CN2C(=O)C3(CC3)c3ccncc32)cc2cc(Cl)ccc21. The van der Waals surface area contributed by atoms with Crippen molar-refractivity contribution < 1.29 is 27.5 Å². The predicted octanol–water partition coefficient (Wildman–Crippen LogP) is 4.95. The first-order valence-electron chi connectivity index (χ1n) is 11.2. The highest BCUT2D eigenvalue weighted by Crippen LogP contribution is 2.57. The van der Waals surface area contributed by atoms with Gasteiger partial charge in [0.1, 0.15) is 6.54 Å². The van der Waals surface area contributed by atoms with Crippen molar-refractivity contribution in [1.82, 2.24) is 14.9 Å². The number of hydrogen-bond donors (Lipinski definition) is 1. The first-order valence-corrected chi connectivity index (χ1v) is 11.6. The molecule has 1 N–H and O–H groups in total. The zero-order valence-corrected chi connectivity index (χ0v) is 19.3. The molecule has 3 heterocycles. The van der Waals surface area contributed by atoms with Crippen LogP contribution in [0, 0.1) is 0 Å². The number of anilines is 1. The number of nitrogens with one attached hydrogen (secondary N) is 1. The lowest BCUT2D eigenvalue weighted by Gasteiger charge is -2.20. The minimum atomic E-state index is -4.50. The molecule has 2 aromatic heterocycles. The third kappa shape index (κ3) is 4.54. The van der Waals surface area contributed by atoms with E-state index in [4.69, 9.17) is 16.3 Å². The number of alkyl carbamates (subject to hydrolysis) is 1. The van der Waals surface area contributed by atoms with Crippen LogP contribution in [-0.4, -0.2) is 40.9 Å². The van der Waals surface area contributed by atoms with Crippen LogP contribution in [0.4, 0.5) is 23.7 Å². The van der Waals surface area contributed by atoms with Crippen molar-refractivity contribution >= 4 is 40.2 Å². The van der Waals surface area contributed by atoms with Crippen molar-refractivity contribution in [1.29, 1.82) is 0 Å².